The summed E-state index contributed by atoms with van der Waals surface area (Å²) in [5, 5.41) is 19.5. The van der Waals surface area contributed by atoms with Crippen molar-refractivity contribution in [3.05, 3.63) is 51.7 Å². The number of hydrogen-bond acceptors (Lipinski definition) is 6. The number of rotatable bonds is 5. The first kappa shape index (κ1) is 15.0. The van der Waals surface area contributed by atoms with Gasteiger partial charge in [-0.1, -0.05) is 12.1 Å². The number of nitro groups is 1. The smallest absolute Gasteiger partial charge is 0.414 e. The molecule has 2 aromatic rings. The van der Waals surface area contributed by atoms with Crippen molar-refractivity contribution < 1.29 is 24.3 Å². The van der Waals surface area contributed by atoms with E-state index in [1.54, 1.807) is 16.7 Å². The highest BCUT2D eigenvalue weighted by atomic mass is 16.6. The number of aromatic carboxylic acids is 1. The van der Waals surface area contributed by atoms with E-state index in [1.165, 1.54) is 18.3 Å². The summed E-state index contributed by atoms with van der Waals surface area (Å²) in [4.78, 5) is 24.7. The quantitative estimate of drug-likeness (QED) is 0.655. The fourth-order valence-electron chi connectivity index (χ4n) is 2.22. The van der Waals surface area contributed by atoms with Crippen LogP contribution in [0.5, 0.6) is 6.01 Å². The molecule has 0 aliphatic carbocycles. The van der Waals surface area contributed by atoms with E-state index in [-0.39, 0.29) is 30.1 Å². The maximum absolute atomic E-state index is 10.8. The highest BCUT2D eigenvalue weighted by Crippen LogP contribution is 2.22. The molecule has 0 spiro atoms. The van der Waals surface area contributed by atoms with Gasteiger partial charge >= 0.3 is 17.8 Å². The van der Waals surface area contributed by atoms with Gasteiger partial charge in [-0.3, -0.25) is 4.57 Å². The fraction of sp³-hybridized carbons (Fsp3) is 0.286. The van der Waals surface area contributed by atoms with E-state index in [4.69, 9.17) is 14.6 Å². The highest BCUT2D eigenvalue weighted by molar-refractivity contribution is 5.87. The summed E-state index contributed by atoms with van der Waals surface area (Å²) in [5.74, 6) is -1.24. The van der Waals surface area contributed by atoms with Crippen molar-refractivity contribution in [1.82, 2.24) is 9.55 Å². The van der Waals surface area contributed by atoms with Gasteiger partial charge in [0.15, 0.2) is 0 Å². The third kappa shape index (κ3) is 3.29. The first-order valence-corrected chi connectivity index (χ1v) is 6.81. The molecule has 120 valence electrons. The average molecular weight is 319 g/mol. The number of hydrogen-bond donors (Lipinski definition) is 1. The van der Waals surface area contributed by atoms with E-state index in [1.807, 2.05) is 0 Å². The molecule has 0 radical (unpaired) electrons. The standard InChI is InChI=1S/C14H13N3O6/c18-13(19)10-3-1-9(2-4-10)7-22-11-5-16-6-12(17(20)21)15-14(16)23-8-11/h1-4,6,11H,5,7-8H2,(H,18,19). The monoisotopic (exact) mass is 319 g/mol. The second kappa shape index (κ2) is 6.05. The molecule has 0 amide bonds. The molecule has 3 rings (SSSR count). The summed E-state index contributed by atoms with van der Waals surface area (Å²) >= 11 is 0. The summed E-state index contributed by atoms with van der Waals surface area (Å²) < 4.78 is 12.6. The van der Waals surface area contributed by atoms with Gasteiger partial charge in [-0.25, -0.2) is 4.79 Å². The molecule has 0 saturated carbocycles. The summed E-state index contributed by atoms with van der Waals surface area (Å²) in [6, 6.07) is 6.59. The van der Waals surface area contributed by atoms with Gasteiger partial charge in [0.1, 0.15) is 18.9 Å². The van der Waals surface area contributed by atoms with Crippen LogP contribution in [0.2, 0.25) is 0 Å². The maximum atomic E-state index is 10.8. The number of fused-ring (bicyclic) bond motifs is 1. The van der Waals surface area contributed by atoms with Crippen LogP contribution >= 0.6 is 0 Å². The van der Waals surface area contributed by atoms with Crippen LogP contribution in [0, 0.1) is 10.1 Å². The Morgan fingerprint density at radius 1 is 1.48 bits per heavy atom. The molecule has 1 aromatic carbocycles. The second-order valence-electron chi connectivity index (χ2n) is 5.04. The molecular formula is C14H13N3O6. The number of nitrogens with zero attached hydrogens (tertiary/aromatic N) is 3. The number of carboxylic acids is 1. The molecule has 9 heteroatoms. The maximum Gasteiger partial charge on any atom is 0.414 e. The van der Waals surface area contributed by atoms with E-state index >= 15 is 0 Å². The number of carbonyl (C=O) groups is 1. The molecule has 9 nitrogen and oxygen atoms in total. The van der Waals surface area contributed by atoms with Crippen LogP contribution < -0.4 is 4.74 Å². The predicted molar refractivity (Wildman–Crippen MR) is 76.4 cm³/mol. The number of aromatic nitrogens is 2. The van der Waals surface area contributed by atoms with Gasteiger partial charge in [0.2, 0.25) is 0 Å². The Bertz CT molecular complexity index is 739. The second-order valence-corrected chi connectivity index (χ2v) is 5.04. The van der Waals surface area contributed by atoms with Gasteiger partial charge in [-0.05, 0) is 22.6 Å². The number of carboxylic acid groups (broad SMARTS) is 1. The van der Waals surface area contributed by atoms with E-state index < -0.39 is 10.9 Å². The van der Waals surface area contributed by atoms with E-state index in [0.717, 1.165) is 5.56 Å². The van der Waals surface area contributed by atoms with Crippen LogP contribution in [0.1, 0.15) is 15.9 Å². The molecule has 0 bridgehead atoms. The molecule has 1 aliphatic rings. The SMILES string of the molecule is O=C(O)c1ccc(COC2COc3nc([N+](=O)[O-])cn3C2)cc1. The van der Waals surface area contributed by atoms with Crippen LogP contribution in [-0.2, 0) is 17.9 Å². The van der Waals surface area contributed by atoms with Crippen molar-refractivity contribution in [3.8, 4) is 6.01 Å². The molecule has 1 unspecified atom stereocenters. The Hall–Kier alpha value is -2.94. The van der Waals surface area contributed by atoms with Crippen LogP contribution in [-0.4, -0.2) is 38.3 Å². The van der Waals surface area contributed by atoms with Crippen molar-refractivity contribution in [2.45, 2.75) is 19.3 Å². The van der Waals surface area contributed by atoms with Crippen LogP contribution in [0.4, 0.5) is 5.82 Å². The van der Waals surface area contributed by atoms with Gasteiger partial charge in [0.05, 0.1) is 18.7 Å². The van der Waals surface area contributed by atoms with Crippen molar-refractivity contribution in [3.63, 3.8) is 0 Å². The predicted octanol–water partition coefficient (Wildman–Crippen LogP) is 1.47. The van der Waals surface area contributed by atoms with Gasteiger partial charge < -0.3 is 24.7 Å². The van der Waals surface area contributed by atoms with Gasteiger partial charge in [0.25, 0.3) is 0 Å². The van der Waals surface area contributed by atoms with Crippen molar-refractivity contribution >= 4 is 11.8 Å². The van der Waals surface area contributed by atoms with E-state index in [9.17, 15) is 14.9 Å². The van der Waals surface area contributed by atoms with Gasteiger partial charge in [0, 0.05) is 4.98 Å². The molecule has 1 N–H and O–H groups in total. The van der Waals surface area contributed by atoms with Crippen molar-refractivity contribution in [2.75, 3.05) is 6.61 Å². The molecule has 1 aliphatic heterocycles. The summed E-state index contributed by atoms with van der Waals surface area (Å²) in [6.45, 7) is 0.949. The van der Waals surface area contributed by atoms with Gasteiger partial charge in [-0.15, -0.1) is 0 Å². The van der Waals surface area contributed by atoms with Crippen LogP contribution in [0.25, 0.3) is 0 Å². The van der Waals surface area contributed by atoms with Gasteiger partial charge in [-0.2, -0.15) is 0 Å². The lowest BCUT2D eigenvalue weighted by atomic mass is 10.1. The molecule has 23 heavy (non-hydrogen) atoms. The summed E-state index contributed by atoms with van der Waals surface area (Å²) in [7, 11) is 0. The van der Waals surface area contributed by atoms with Crippen LogP contribution in [0.15, 0.2) is 30.5 Å². The minimum Gasteiger partial charge on any atom is -0.478 e. The first-order chi connectivity index (χ1) is 11.0. The number of imidazole rings is 1. The number of ether oxygens (including phenoxy) is 2. The minimum absolute atomic E-state index is 0.211. The fourth-order valence-corrected chi connectivity index (χ4v) is 2.22. The molecule has 1 atom stereocenters. The zero-order valence-electron chi connectivity index (χ0n) is 11.9. The minimum atomic E-state index is -0.979. The summed E-state index contributed by atoms with van der Waals surface area (Å²) in [5.41, 5.74) is 1.04. The molecule has 2 heterocycles. The lowest BCUT2D eigenvalue weighted by Crippen LogP contribution is -2.32. The lowest BCUT2D eigenvalue weighted by Gasteiger charge is -2.22. The number of benzene rings is 1. The Morgan fingerprint density at radius 2 is 2.22 bits per heavy atom. The first-order valence-electron chi connectivity index (χ1n) is 6.81. The molecule has 1 aromatic heterocycles. The third-order valence-electron chi connectivity index (χ3n) is 3.40. The average Bonchev–Trinajstić information content (AvgIpc) is 2.97. The van der Waals surface area contributed by atoms with Crippen molar-refractivity contribution in [2.24, 2.45) is 0 Å². The zero-order chi connectivity index (χ0) is 16.4. The third-order valence-corrected chi connectivity index (χ3v) is 3.40. The Kier molecular flexibility index (Phi) is 3.94. The largest absolute Gasteiger partial charge is 0.478 e. The Morgan fingerprint density at radius 3 is 2.87 bits per heavy atom. The Balaban J connectivity index is 1.59. The van der Waals surface area contributed by atoms with Crippen LogP contribution in [0.3, 0.4) is 0 Å². The van der Waals surface area contributed by atoms with E-state index in [0.29, 0.717) is 13.2 Å². The lowest BCUT2D eigenvalue weighted by molar-refractivity contribution is -0.389. The van der Waals surface area contributed by atoms with E-state index in [2.05, 4.69) is 4.98 Å². The highest BCUT2D eigenvalue weighted by Gasteiger charge is 2.28. The molecular weight excluding hydrogens is 306 g/mol. The topological polar surface area (TPSA) is 117 Å². The molecule has 0 fully saturated rings. The summed E-state index contributed by atoms with van der Waals surface area (Å²) in [6.07, 6.45) is 1.04. The zero-order valence-corrected chi connectivity index (χ0v) is 11.9. The van der Waals surface area contributed by atoms with Crippen molar-refractivity contribution in [1.29, 1.82) is 0 Å². The normalized spacial score (nSPS) is 16.4. The molecule has 0 saturated heterocycles. The Labute approximate surface area is 130 Å².